The van der Waals surface area contributed by atoms with E-state index >= 15 is 0 Å². The summed E-state index contributed by atoms with van der Waals surface area (Å²) in [5.74, 6) is -1.36. The lowest BCUT2D eigenvalue weighted by atomic mass is 10.2. The van der Waals surface area contributed by atoms with Crippen molar-refractivity contribution >= 4 is 39.8 Å². The number of carbonyl (C=O) groups is 4. The maximum atomic E-state index is 11.6. The number of alkyl halides is 1. The normalized spacial score (nSPS) is 19.8. The van der Waals surface area contributed by atoms with E-state index in [0.29, 0.717) is 6.42 Å². The molecular formula is C12H17BrN2O6. The summed E-state index contributed by atoms with van der Waals surface area (Å²) >= 11 is 3.16. The molecule has 0 radical (unpaired) electrons. The Balaban J connectivity index is 2.50. The third-order valence-electron chi connectivity index (χ3n) is 2.71. The molecule has 1 aliphatic rings. The van der Waals surface area contributed by atoms with Crippen molar-refractivity contribution < 1.29 is 28.7 Å². The van der Waals surface area contributed by atoms with Gasteiger partial charge in [-0.25, -0.2) is 4.79 Å². The summed E-state index contributed by atoms with van der Waals surface area (Å²) in [6.45, 7) is 2.93. The van der Waals surface area contributed by atoms with Crippen LogP contribution in [0.3, 0.4) is 0 Å². The quantitative estimate of drug-likeness (QED) is 0.533. The summed E-state index contributed by atoms with van der Waals surface area (Å²) in [5.41, 5.74) is 0. The minimum Gasteiger partial charge on any atom is -0.462 e. The second-order valence-corrected chi connectivity index (χ2v) is 5.64. The number of rotatable bonds is 6. The average Bonchev–Trinajstić information content (AvgIpc) is 2.37. The van der Waals surface area contributed by atoms with Crippen LogP contribution >= 0.6 is 15.9 Å². The molecule has 9 heteroatoms. The number of imide groups is 1. The number of amides is 3. The third kappa shape index (κ3) is 6.11. The summed E-state index contributed by atoms with van der Waals surface area (Å²) in [6.07, 6.45) is -0.334. The van der Waals surface area contributed by atoms with Gasteiger partial charge in [0.15, 0.2) is 0 Å². The molecule has 0 aliphatic carbocycles. The largest absolute Gasteiger partial charge is 0.462 e. The fourth-order valence-corrected chi connectivity index (χ4v) is 2.20. The van der Waals surface area contributed by atoms with E-state index in [1.165, 1.54) is 18.7 Å². The molecule has 3 amide bonds. The van der Waals surface area contributed by atoms with E-state index in [9.17, 15) is 19.2 Å². The lowest BCUT2D eigenvalue weighted by molar-refractivity contribution is -0.156. The fraction of sp³-hybridized carbons (Fsp3) is 0.667. The highest BCUT2D eigenvalue weighted by Gasteiger charge is 2.30. The SMILES string of the molecule is CC(=O)OC[C@H](CCN1CC(Br)C(=O)NC1=O)OC(C)=O. The number of ether oxygens (including phenoxy) is 2. The van der Waals surface area contributed by atoms with Crippen LogP contribution in [-0.2, 0) is 23.9 Å². The molecule has 0 aromatic rings. The Morgan fingerprint density at radius 1 is 1.38 bits per heavy atom. The number of hydrogen-bond acceptors (Lipinski definition) is 6. The van der Waals surface area contributed by atoms with Gasteiger partial charge in [0, 0.05) is 33.4 Å². The molecule has 0 aromatic heterocycles. The maximum absolute atomic E-state index is 11.6. The van der Waals surface area contributed by atoms with Gasteiger partial charge in [0.1, 0.15) is 17.5 Å². The molecule has 0 aromatic carbocycles. The number of hydrogen-bond donors (Lipinski definition) is 1. The Bertz CT molecular complexity index is 441. The van der Waals surface area contributed by atoms with Gasteiger partial charge in [0.25, 0.3) is 0 Å². The van der Waals surface area contributed by atoms with Gasteiger partial charge in [-0.1, -0.05) is 15.9 Å². The van der Waals surface area contributed by atoms with Crippen LogP contribution in [0.5, 0.6) is 0 Å². The molecule has 1 N–H and O–H groups in total. The molecule has 1 aliphatic heterocycles. The Labute approximate surface area is 130 Å². The van der Waals surface area contributed by atoms with Crippen molar-refractivity contribution in [3.63, 3.8) is 0 Å². The van der Waals surface area contributed by atoms with E-state index in [1.807, 2.05) is 0 Å². The standard InChI is InChI=1S/C12H17BrN2O6/c1-7(16)20-6-9(21-8(2)17)3-4-15-5-10(13)11(18)14-12(15)19/h9-10H,3-6H2,1-2H3,(H,14,18,19)/t9-,10?/m0/s1. The van der Waals surface area contributed by atoms with Gasteiger partial charge in [-0.05, 0) is 0 Å². The molecule has 2 atom stereocenters. The first-order valence-electron chi connectivity index (χ1n) is 6.34. The molecule has 8 nitrogen and oxygen atoms in total. The smallest absolute Gasteiger partial charge is 0.324 e. The number of carbonyl (C=O) groups excluding carboxylic acids is 4. The average molecular weight is 365 g/mol. The summed E-state index contributed by atoms with van der Waals surface area (Å²) in [7, 11) is 0. The summed E-state index contributed by atoms with van der Waals surface area (Å²) < 4.78 is 9.83. The number of nitrogens with zero attached hydrogens (tertiary/aromatic N) is 1. The van der Waals surface area contributed by atoms with Crippen molar-refractivity contribution in [2.24, 2.45) is 0 Å². The topological polar surface area (TPSA) is 102 Å². The molecule has 0 saturated carbocycles. The highest BCUT2D eigenvalue weighted by molar-refractivity contribution is 9.10. The molecule has 1 rings (SSSR count). The minimum absolute atomic E-state index is 0.0684. The van der Waals surface area contributed by atoms with Crippen LogP contribution in [0.2, 0.25) is 0 Å². The van der Waals surface area contributed by atoms with E-state index in [1.54, 1.807) is 0 Å². The van der Waals surface area contributed by atoms with Crippen LogP contribution in [0.25, 0.3) is 0 Å². The summed E-state index contributed by atoms with van der Waals surface area (Å²) in [4.78, 5) is 45.6. The second-order valence-electron chi connectivity index (χ2n) is 4.53. The lowest BCUT2D eigenvalue weighted by Gasteiger charge is -2.30. The Morgan fingerprint density at radius 2 is 2.05 bits per heavy atom. The van der Waals surface area contributed by atoms with Gasteiger partial charge >= 0.3 is 18.0 Å². The van der Waals surface area contributed by atoms with Gasteiger partial charge in [-0.15, -0.1) is 0 Å². The van der Waals surface area contributed by atoms with Crippen LogP contribution in [0.15, 0.2) is 0 Å². The second kappa shape index (κ2) is 7.96. The van der Waals surface area contributed by atoms with E-state index in [0.717, 1.165) is 0 Å². The van der Waals surface area contributed by atoms with Crippen LogP contribution in [-0.4, -0.2) is 59.4 Å². The molecule has 0 bridgehead atoms. The van der Waals surface area contributed by atoms with E-state index in [4.69, 9.17) is 9.47 Å². The fourth-order valence-electron chi connectivity index (χ4n) is 1.74. The third-order valence-corrected chi connectivity index (χ3v) is 3.41. The Morgan fingerprint density at radius 3 is 2.62 bits per heavy atom. The first-order valence-corrected chi connectivity index (χ1v) is 7.25. The van der Waals surface area contributed by atoms with Gasteiger partial charge in [0.05, 0.1) is 0 Å². The summed E-state index contributed by atoms with van der Waals surface area (Å²) in [6, 6.07) is -0.496. The highest BCUT2D eigenvalue weighted by atomic mass is 79.9. The van der Waals surface area contributed by atoms with Crippen molar-refractivity contribution in [2.45, 2.75) is 31.2 Å². The zero-order valence-electron chi connectivity index (χ0n) is 11.8. The van der Waals surface area contributed by atoms with Gasteiger partial charge < -0.3 is 14.4 Å². The van der Waals surface area contributed by atoms with E-state index in [2.05, 4.69) is 21.2 Å². The molecular weight excluding hydrogens is 348 g/mol. The Kier molecular flexibility index (Phi) is 6.60. The lowest BCUT2D eigenvalue weighted by Crippen LogP contribution is -2.55. The van der Waals surface area contributed by atoms with Crippen LogP contribution in [0.1, 0.15) is 20.3 Å². The number of esters is 2. The Hall–Kier alpha value is -1.64. The van der Waals surface area contributed by atoms with Crippen molar-refractivity contribution in [3.05, 3.63) is 0 Å². The highest BCUT2D eigenvalue weighted by Crippen LogP contribution is 2.11. The van der Waals surface area contributed by atoms with E-state index in [-0.39, 0.29) is 25.6 Å². The van der Waals surface area contributed by atoms with Crippen molar-refractivity contribution in [3.8, 4) is 0 Å². The predicted octanol–water partition coefficient (Wildman–Crippen LogP) is 0.187. The molecule has 1 heterocycles. The molecule has 118 valence electrons. The van der Waals surface area contributed by atoms with Gasteiger partial charge in [-0.3, -0.25) is 19.7 Å². The maximum Gasteiger partial charge on any atom is 0.324 e. The molecule has 21 heavy (non-hydrogen) atoms. The van der Waals surface area contributed by atoms with Gasteiger partial charge in [-0.2, -0.15) is 0 Å². The summed E-state index contributed by atoms with van der Waals surface area (Å²) in [5, 5.41) is 2.20. The van der Waals surface area contributed by atoms with Crippen LogP contribution < -0.4 is 5.32 Å². The first kappa shape index (κ1) is 17.4. The number of urea groups is 1. The van der Waals surface area contributed by atoms with E-state index < -0.39 is 28.9 Å². The van der Waals surface area contributed by atoms with Gasteiger partial charge in [0.2, 0.25) is 5.91 Å². The molecule has 1 saturated heterocycles. The number of nitrogens with one attached hydrogen (secondary N) is 1. The first-order chi connectivity index (χ1) is 9.79. The van der Waals surface area contributed by atoms with Crippen LogP contribution in [0.4, 0.5) is 4.79 Å². The zero-order valence-corrected chi connectivity index (χ0v) is 13.3. The molecule has 0 spiro atoms. The van der Waals surface area contributed by atoms with Crippen LogP contribution in [0, 0.1) is 0 Å². The predicted molar refractivity (Wildman–Crippen MR) is 74.6 cm³/mol. The van der Waals surface area contributed by atoms with Crippen molar-refractivity contribution in [1.82, 2.24) is 10.2 Å². The van der Waals surface area contributed by atoms with Crippen molar-refractivity contribution in [2.75, 3.05) is 19.7 Å². The zero-order chi connectivity index (χ0) is 16.0. The minimum atomic E-state index is -0.634. The van der Waals surface area contributed by atoms with Crippen molar-refractivity contribution in [1.29, 1.82) is 0 Å². The number of halogens is 1. The molecule has 1 fully saturated rings. The molecule has 1 unspecified atom stereocenters. The monoisotopic (exact) mass is 364 g/mol.